The minimum absolute atomic E-state index is 0.214. The molecule has 10 heteroatoms. The first-order valence-corrected chi connectivity index (χ1v) is 9.16. The number of fused-ring (bicyclic) bond motifs is 2. The summed E-state index contributed by atoms with van der Waals surface area (Å²) in [4.78, 5) is 16.4. The first-order chi connectivity index (χ1) is 14.7. The number of carbonyl (C=O) groups excluding carboxylic acids is 1. The first-order valence-electron chi connectivity index (χ1n) is 9.16. The zero-order chi connectivity index (χ0) is 20.5. The van der Waals surface area contributed by atoms with Crippen LogP contribution in [-0.4, -0.2) is 37.4 Å². The summed E-state index contributed by atoms with van der Waals surface area (Å²) >= 11 is 0. The van der Waals surface area contributed by atoms with E-state index in [0.717, 1.165) is 11.1 Å². The summed E-state index contributed by atoms with van der Waals surface area (Å²) in [6, 6.07) is 9.11. The molecular weight excluding hydrogens is 388 g/mol. The number of aryl methyl sites for hydroxylation is 1. The van der Waals surface area contributed by atoms with E-state index in [2.05, 4.69) is 25.7 Å². The van der Waals surface area contributed by atoms with Crippen molar-refractivity contribution >= 4 is 17.6 Å². The Hall–Kier alpha value is -4.21. The summed E-state index contributed by atoms with van der Waals surface area (Å²) < 4.78 is 17.6. The predicted molar refractivity (Wildman–Crippen MR) is 104 cm³/mol. The van der Waals surface area contributed by atoms with Crippen LogP contribution in [0.5, 0.6) is 11.5 Å². The molecule has 0 aliphatic carbocycles. The molecule has 0 unspecified atom stereocenters. The van der Waals surface area contributed by atoms with Gasteiger partial charge in [-0.15, -0.1) is 10.2 Å². The number of benzene rings is 1. The van der Waals surface area contributed by atoms with Gasteiger partial charge in [0.1, 0.15) is 0 Å². The molecule has 0 fully saturated rings. The minimum Gasteiger partial charge on any atom is -0.454 e. The molecule has 0 spiro atoms. The molecule has 4 heterocycles. The molecule has 0 saturated carbocycles. The van der Waals surface area contributed by atoms with E-state index in [9.17, 15) is 4.79 Å². The summed E-state index contributed by atoms with van der Waals surface area (Å²) in [6.07, 6.45) is 4.96. The van der Waals surface area contributed by atoms with Crippen LogP contribution in [0.25, 0.3) is 23.2 Å². The molecule has 1 aromatic carbocycles. The van der Waals surface area contributed by atoms with Crippen LogP contribution >= 0.6 is 0 Å². The molecule has 1 aliphatic heterocycles. The number of hydrogen-bond donors (Lipinski definition) is 1. The minimum atomic E-state index is -0.248. The van der Waals surface area contributed by atoms with E-state index < -0.39 is 0 Å². The standard InChI is InChI=1S/C20H16N6O4/c1-12-22-20(30-25-12)14-6-7-26-17(9-14)23-24-18(26)10-21-19(27)5-3-13-2-4-15-16(8-13)29-11-28-15/h2-9H,10-11H2,1H3,(H,21,27). The second-order valence-electron chi connectivity index (χ2n) is 6.57. The summed E-state index contributed by atoms with van der Waals surface area (Å²) in [6.45, 7) is 2.19. The Morgan fingerprint density at radius 1 is 1.20 bits per heavy atom. The van der Waals surface area contributed by atoms with Gasteiger partial charge < -0.3 is 19.3 Å². The highest BCUT2D eigenvalue weighted by Gasteiger charge is 2.13. The fraction of sp³-hybridized carbons (Fsp3) is 0.150. The number of ether oxygens (including phenoxy) is 2. The van der Waals surface area contributed by atoms with Gasteiger partial charge in [-0.25, -0.2) is 0 Å². The normalized spacial score (nSPS) is 12.7. The van der Waals surface area contributed by atoms with Crippen molar-refractivity contribution in [1.82, 2.24) is 30.1 Å². The van der Waals surface area contributed by atoms with Gasteiger partial charge in [0.15, 0.2) is 28.8 Å². The molecule has 3 aromatic heterocycles. The van der Waals surface area contributed by atoms with Crippen molar-refractivity contribution in [2.24, 2.45) is 0 Å². The van der Waals surface area contributed by atoms with E-state index in [-0.39, 0.29) is 19.2 Å². The molecule has 1 amide bonds. The Labute approximate surface area is 170 Å². The van der Waals surface area contributed by atoms with Crippen LogP contribution in [0.4, 0.5) is 0 Å². The van der Waals surface area contributed by atoms with Gasteiger partial charge >= 0.3 is 0 Å². The molecular formula is C20H16N6O4. The van der Waals surface area contributed by atoms with Crippen molar-refractivity contribution in [3.8, 4) is 23.0 Å². The number of aromatic nitrogens is 5. The van der Waals surface area contributed by atoms with Gasteiger partial charge in [-0.3, -0.25) is 9.20 Å². The molecule has 4 aromatic rings. The molecule has 30 heavy (non-hydrogen) atoms. The fourth-order valence-corrected chi connectivity index (χ4v) is 3.02. The van der Waals surface area contributed by atoms with E-state index in [1.807, 2.05) is 24.3 Å². The van der Waals surface area contributed by atoms with E-state index in [1.165, 1.54) is 6.08 Å². The lowest BCUT2D eigenvalue weighted by Gasteiger charge is -2.02. The van der Waals surface area contributed by atoms with Gasteiger partial charge in [0.25, 0.3) is 5.89 Å². The van der Waals surface area contributed by atoms with Crippen molar-refractivity contribution in [1.29, 1.82) is 0 Å². The lowest BCUT2D eigenvalue weighted by molar-refractivity contribution is -0.116. The lowest BCUT2D eigenvalue weighted by Crippen LogP contribution is -2.21. The SMILES string of the molecule is Cc1noc(-c2ccn3c(CNC(=O)C=Cc4ccc5c(c4)OCO5)nnc3c2)n1. The van der Waals surface area contributed by atoms with Crippen molar-refractivity contribution in [2.75, 3.05) is 6.79 Å². The first kappa shape index (κ1) is 17.9. The topological polar surface area (TPSA) is 117 Å². The van der Waals surface area contributed by atoms with Crippen LogP contribution in [-0.2, 0) is 11.3 Å². The number of nitrogens with one attached hydrogen (secondary N) is 1. The van der Waals surface area contributed by atoms with Crippen LogP contribution in [0.2, 0.25) is 0 Å². The highest BCUT2D eigenvalue weighted by atomic mass is 16.7. The second-order valence-corrected chi connectivity index (χ2v) is 6.57. The van der Waals surface area contributed by atoms with E-state index in [0.29, 0.717) is 34.7 Å². The van der Waals surface area contributed by atoms with Gasteiger partial charge in [0.05, 0.1) is 6.54 Å². The summed E-state index contributed by atoms with van der Waals surface area (Å²) in [5.74, 6) is 2.70. The van der Waals surface area contributed by atoms with Crippen LogP contribution < -0.4 is 14.8 Å². The van der Waals surface area contributed by atoms with E-state index in [4.69, 9.17) is 14.0 Å². The second kappa shape index (κ2) is 7.32. The fourth-order valence-electron chi connectivity index (χ4n) is 3.02. The highest BCUT2D eigenvalue weighted by molar-refractivity contribution is 5.91. The average molecular weight is 404 g/mol. The number of carbonyl (C=O) groups is 1. The Kier molecular flexibility index (Phi) is 4.36. The zero-order valence-corrected chi connectivity index (χ0v) is 15.9. The molecule has 0 radical (unpaired) electrons. The van der Waals surface area contributed by atoms with Crippen molar-refractivity contribution in [3.05, 3.63) is 59.8 Å². The van der Waals surface area contributed by atoms with Crippen molar-refractivity contribution in [3.63, 3.8) is 0 Å². The maximum atomic E-state index is 12.2. The number of nitrogens with zero attached hydrogens (tertiary/aromatic N) is 5. The number of hydrogen-bond acceptors (Lipinski definition) is 8. The Morgan fingerprint density at radius 2 is 2.10 bits per heavy atom. The predicted octanol–water partition coefficient (Wildman–Crippen LogP) is 2.15. The molecule has 1 N–H and O–H groups in total. The molecule has 0 bridgehead atoms. The summed E-state index contributed by atoms with van der Waals surface area (Å²) in [5, 5.41) is 14.9. The average Bonchev–Trinajstić information content (AvgIpc) is 3.49. The van der Waals surface area contributed by atoms with Crippen LogP contribution in [0.15, 0.2) is 47.1 Å². The lowest BCUT2D eigenvalue weighted by atomic mass is 10.2. The molecule has 0 saturated heterocycles. The molecule has 150 valence electrons. The highest BCUT2D eigenvalue weighted by Crippen LogP contribution is 2.32. The maximum Gasteiger partial charge on any atom is 0.258 e. The molecule has 10 nitrogen and oxygen atoms in total. The summed E-state index contributed by atoms with van der Waals surface area (Å²) in [7, 11) is 0. The monoisotopic (exact) mass is 404 g/mol. The van der Waals surface area contributed by atoms with Crippen molar-refractivity contribution < 1.29 is 18.8 Å². The van der Waals surface area contributed by atoms with E-state index in [1.54, 1.807) is 29.7 Å². The summed E-state index contributed by atoms with van der Waals surface area (Å²) in [5.41, 5.74) is 2.20. The number of rotatable bonds is 5. The van der Waals surface area contributed by atoms with Gasteiger partial charge in [-0.05, 0) is 42.8 Å². The van der Waals surface area contributed by atoms with Gasteiger partial charge in [0.2, 0.25) is 12.7 Å². The van der Waals surface area contributed by atoms with Crippen LogP contribution in [0.3, 0.4) is 0 Å². The van der Waals surface area contributed by atoms with Gasteiger partial charge in [-0.1, -0.05) is 11.2 Å². The maximum absolute atomic E-state index is 12.2. The molecule has 0 atom stereocenters. The smallest absolute Gasteiger partial charge is 0.258 e. The Balaban J connectivity index is 1.25. The third kappa shape index (κ3) is 3.46. The number of amides is 1. The zero-order valence-electron chi connectivity index (χ0n) is 15.9. The van der Waals surface area contributed by atoms with Gasteiger partial charge in [-0.2, -0.15) is 4.98 Å². The Bertz CT molecular complexity index is 1280. The molecule has 5 rings (SSSR count). The third-order valence-electron chi connectivity index (χ3n) is 4.50. The van der Waals surface area contributed by atoms with Crippen LogP contribution in [0.1, 0.15) is 17.2 Å². The van der Waals surface area contributed by atoms with Crippen molar-refractivity contribution in [2.45, 2.75) is 13.5 Å². The molecule has 1 aliphatic rings. The van der Waals surface area contributed by atoms with E-state index >= 15 is 0 Å². The largest absolute Gasteiger partial charge is 0.454 e. The quantitative estimate of drug-likeness (QED) is 0.503. The number of pyridine rings is 1. The van der Waals surface area contributed by atoms with Gasteiger partial charge in [0, 0.05) is 17.8 Å². The Morgan fingerprint density at radius 3 is 2.97 bits per heavy atom. The van der Waals surface area contributed by atoms with Crippen LogP contribution in [0, 0.1) is 6.92 Å². The third-order valence-corrected chi connectivity index (χ3v) is 4.50.